The number of amides is 2. The van der Waals surface area contributed by atoms with E-state index < -0.39 is 28.5 Å². The molecule has 0 saturated heterocycles. The number of rotatable bonds is 15. The van der Waals surface area contributed by atoms with E-state index in [1.165, 1.54) is 37.3 Å². The van der Waals surface area contributed by atoms with Crippen LogP contribution in [0.1, 0.15) is 31.4 Å². The van der Waals surface area contributed by atoms with Crippen LogP contribution in [-0.4, -0.2) is 58.0 Å². The Bertz CT molecular complexity index is 1740. The van der Waals surface area contributed by atoms with Crippen LogP contribution in [0.15, 0.2) is 108 Å². The van der Waals surface area contributed by atoms with Crippen molar-refractivity contribution in [1.29, 1.82) is 0 Å². The zero-order valence-electron chi connectivity index (χ0n) is 26.9. The van der Waals surface area contributed by atoms with E-state index in [4.69, 9.17) is 21.1 Å². The normalized spacial score (nSPS) is 12.4. The SMILES string of the molecule is CC[C@@H](C)NC(=O)[C@@H](Cc1ccccc1)N(Cc1ccc(Cl)cc1)C(=O)CN(c1ccc(OC)c(OC)c1)S(=O)(=O)c1ccccc1. The molecule has 0 aliphatic heterocycles. The third kappa shape index (κ3) is 9.05. The number of carbonyl (C=O) groups is 2. The number of halogens is 1. The van der Waals surface area contributed by atoms with E-state index in [2.05, 4.69) is 5.32 Å². The first-order valence-electron chi connectivity index (χ1n) is 15.2. The topological polar surface area (TPSA) is 105 Å². The number of anilines is 1. The molecule has 0 heterocycles. The molecule has 1 N–H and O–H groups in total. The first-order valence-corrected chi connectivity index (χ1v) is 17.1. The summed E-state index contributed by atoms with van der Waals surface area (Å²) in [5.41, 5.74) is 1.76. The van der Waals surface area contributed by atoms with Crippen LogP contribution in [0.2, 0.25) is 5.02 Å². The molecule has 0 spiro atoms. The Morgan fingerprint density at radius 1 is 0.830 bits per heavy atom. The van der Waals surface area contributed by atoms with Crippen molar-refractivity contribution in [2.24, 2.45) is 0 Å². The van der Waals surface area contributed by atoms with E-state index in [0.717, 1.165) is 15.4 Å². The molecule has 0 saturated carbocycles. The maximum absolute atomic E-state index is 14.6. The summed E-state index contributed by atoms with van der Waals surface area (Å²) in [6.45, 7) is 3.30. The third-order valence-corrected chi connectivity index (χ3v) is 9.84. The fraction of sp³-hybridized carbons (Fsp3) is 0.278. The minimum Gasteiger partial charge on any atom is -0.493 e. The lowest BCUT2D eigenvalue weighted by Crippen LogP contribution is -2.54. The predicted molar refractivity (Wildman–Crippen MR) is 184 cm³/mol. The third-order valence-electron chi connectivity index (χ3n) is 7.80. The molecule has 47 heavy (non-hydrogen) atoms. The second kappa shape index (κ2) is 16.3. The molecule has 0 aromatic heterocycles. The number of carbonyl (C=O) groups excluding carboxylic acids is 2. The molecule has 4 aromatic rings. The highest BCUT2D eigenvalue weighted by molar-refractivity contribution is 7.92. The first kappa shape index (κ1) is 35.3. The molecule has 248 valence electrons. The van der Waals surface area contributed by atoms with Gasteiger partial charge in [-0.15, -0.1) is 0 Å². The van der Waals surface area contributed by atoms with Crippen molar-refractivity contribution in [2.75, 3.05) is 25.1 Å². The number of sulfonamides is 1. The van der Waals surface area contributed by atoms with Crippen LogP contribution in [0, 0.1) is 0 Å². The number of hydrogen-bond donors (Lipinski definition) is 1. The Kier molecular flexibility index (Phi) is 12.3. The smallest absolute Gasteiger partial charge is 0.264 e. The largest absolute Gasteiger partial charge is 0.493 e. The molecule has 11 heteroatoms. The molecule has 0 radical (unpaired) electrons. The summed E-state index contributed by atoms with van der Waals surface area (Å²) in [5.74, 6) is -0.226. The summed E-state index contributed by atoms with van der Waals surface area (Å²) in [5, 5.41) is 3.56. The van der Waals surface area contributed by atoms with Crippen LogP contribution in [0.25, 0.3) is 0 Å². The summed E-state index contributed by atoms with van der Waals surface area (Å²) in [6, 6.07) is 27.8. The number of benzene rings is 4. The van der Waals surface area contributed by atoms with E-state index in [0.29, 0.717) is 22.9 Å². The van der Waals surface area contributed by atoms with Crippen LogP contribution in [-0.2, 0) is 32.6 Å². The van der Waals surface area contributed by atoms with Gasteiger partial charge in [0.2, 0.25) is 11.8 Å². The van der Waals surface area contributed by atoms with Crippen LogP contribution in [0.5, 0.6) is 11.5 Å². The summed E-state index contributed by atoms with van der Waals surface area (Å²) in [4.78, 5) is 30.0. The van der Waals surface area contributed by atoms with E-state index in [-0.39, 0.29) is 35.5 Å². The standard InChI is InChI=1S/C36H40ClN3O6S/c1-5-26(2)38-36(42)32(22-27-12-8-6-9-13-27)39(24-28-16-18-29(37)19-17-28)35(41)25-40(47(43,44)31-14-10-7-11-15-31)30-20-21-33(45-3)34(23-30)46-4/h6-21,23,26,32H,5,22,24-25H2,1-4H3,(H,38,42)/t26-,32-/m1/s1. The number of nitrogens with zero attached hydrogens (tertiary/aromatic N) is 2. The number of nitrogens with one attached hydrogen (secondary N) is 1. The van der Waals surface area contributed by atoms with Crippen LogP contribution in [0.3, 0.4) is 0 Å². The van der Waals surface area contributed by atoms with Crippen LogP contribution in [0.4, 0.5) is 5.69 Å². The average Bonchev–Trinajstić information content (AvgIpc) is 3.09. The quantitative estimate of drug-likeness (QED) is 0.163. The molecule has 0 aliphatic rings. The minimum absolute atomic E-state index is 0.00202. The van der Waals surface area contributed by atoms with Gasteiger partial charge in [0.1, 0.15) is 12.6 Å². The van der Waals surface area contributed by atoms with Crippen LogP contribution >= 0.6 is 11.6 Å². The molecule has 4 aromatic carbocycles. The van der Waals surface area contributed by atoms with Crippen molar-refractivity contribution < 1.29 is 27.5 Å². The highest BCUT2D eigenvalue weighted by Gasteiger charge is 2.35. The molecule has 2 amide bonds. The monoisotopic (exact) mass is 677 g/mol. The molecule has 0 aliphatic carbocycles. The van der Waals surface area contributed by atoms with Crippen molar-refractivity contribution >= 4 is 39.1 Å². The highest BCUT2D eigenvalue weighted by Crippen LogP contribution is 2.34. The lowest BCUT2D eigenvalue weighted by atomic mass is 10.0. The van der Waals surface area contributed by atoms with Crippen molar-refractivity contribution in [3.63, 3.8) is 0 Å². The Morgan fingerprint density at radius 3 is 2.04 bits per heavy atom. The molecule has 9 nitrogen and oxygen atoms in total. The number of ether oxygens (including phenoxy) is 2. The molecule has 4 rings (SSSR count). The van der Waals surface area contributed by atoms with E-state index in [1.54, 1.807) is 54.6 Å². The van der Waals surface area contributed by atoms with Crippen molar-refractivity contribution in [3.8, 4) is 11.5 Å². The van der Waals surface area contributed by atoms with Gasteiger partial charge in [0.15, 0.2) is 11.5 Å². The Labute approximate surface area is 282 Å². The second-order valence-corrected chi connectivity index (χ2v) is 13.3. The van der Waals surface area contributed by atoms with Gasteiger partial charge in [-0.1, -0.05) is 79.2 Å². The van der Waals surface area contributed by atoms with Gasteiger partial charge < -0.3 is 19.7 Å². The minimum atomic E-state index is -4.26. The van der Waals surface area contributed by atoms with Gasteiger partial charge in [-0.2, -0.15) is 0 Å². The van der Waals surface area contributed by atoms with E-state index in [9.17, 15) is 18.0 Å². The Hall–Kier alpha value is -4.54. The zero-order chi connectivity index (χ0) is 34.0. The van der Waals surface area contributed by atoms with E-state index in [1.807, 2.05) is 44.2 Å². The zero-order valence-corrected chi connectivity index (χ0v) is 28.5. The van der Waals surface area contributed by atoms with Gasteiger partial charge in [0, 0.05) is 30.1 Å². The van der Waals surface area contributed by atoms with Gasteiger partial charge in [-0.3, -0.25) is 13.9 Å². The lowest BCUT2D eigenvalue weighted by molar-refractivity contribution is -0.140. The van der Waals surface area contributed by atoms with Gasteiger partial charge in [0.25, 0.3) is 10.0 Å². The predicted octanol–water partition coefficient (Wildman–Crippen LogP) is 6.11. The maximum Gasteiger partial charge on any atom is 0.264 e. The molecule has 2 atom stereocenters. The molecular formula is C36H40ClN3O6S. The summed E-state index contributed by atoms with van der Waals surface area (Å²) >= 11 is 6.16. The van der Waals surface area contributed by atoms with Crippen LogP contribution < -0.4 is 19.1 Å². The summed E-state index contributed by atoms with van der Waals surface area (Å²) < 4.78 is 40.3. The fourth-order valence-corrected chi connectivity index (χ4v) is 6.56. The van der Waals surface area contributed by atoms with Gasteiger partial charge in [-0.05, 0) is 60.9 Å². The van der Waals surface area contributed by atoms with Crippen molar-refractivity contribution in [2.45, 2.75) is 50.2 Å². The highest BCUT2D eigenvalue weighted by atomic mass is 35.5. The first-order chi connectivity index (χ1) is 22.6. The fourth-order valence-electron chi connectivity index (χ4n) is 5.01. The van der Waals surface area contributed by atoms with Gasteiger partial charge in [0.05, 0.1) is 24.8 Å². The molecule has 0 unspecified atom stereocenters. The lowest BCUT2D eigenvalue weighted by Gasteiger charge is -2.34. The number of hydrogen-bond acceptors (Lipinski definition) is 6. The summed E-state index contributed by atoms with van der Waals surface area (Å²) in [6.07, 6.45) is 0.904. The molecule has 0 fully saturated rings. The van der Waals surface area contributed by atoms with Crippen molar-refractivity contribution in [3.05, 3.63) is 119 Å². The average molecular weight is 678 g/mol. The molecule has 0 bridgehead atoms. The van der Waals surface area contributed by atoms with Crippen molar-refractivity contribution in [1.82, 2.24) is 10.2 Å². The second-order valence-electron chi connectivity index (χ2n) is 11.0. The van der Waals surface area contributed by atoms with Gasteiger partial charge >= 0.3 is 0 Å². The van der Waals surface area contributed by atoms with E-state index >= 15 is 0 Å². The Morgan fingerprint density at radius 2 is 1.45 bits per heavy atom. The van der Waals surface area contributed by atoms with Gasteiger partial charge in [-0.25, -0.2) is 8.42 Å². The Balaban J connectivity index is 1.83. The number of methoxy groups -OCH3 is 2. The molecular weight excluding hydrogens is 638 g/mol. The summed E-state index contributed by atoms with van der Waals surface area (Å²) in [7, 11) is -1.34. The maximum atomic E-state index is 14.6.